The number of alkyl halides is 1. The molecule has 1 aromatic heterocycles. The monoisotopic (exact) mass is 357 g/mol. The first-order chi connectivity index (χ1) is 7.51. The number of aryl methyl sites for hydroxylation is 2. The molecule has 0 aromatic carbocycles. The molecule has 5 nitrogen and oxygen atoms in total. The Morgan fingerprint density at radius 2 is 2.25 bits per heavy atom. The van der Waals surface area contributed by atoms with Crippen molar-refractivity contribution in [2.24, 2.45) is 0 Å². The van der Waals surface area contributed by atoms with Gasteiger partial charge in [0, 0.05) is 23.7 Å². The fraction of sp³-hybridized carbons (Fsp3) is 0.667. The van der Waals surface area contributed by atoms with Gasteiger partial charge in [0.15, 0.2) is 5.03 Å². The number of rotatable bonds is 6. The van der Waals surface area contributed by atoms with Crippen LogP contribution in [0.1, 0.15) is 19.2 Å². The summed E-state index contributed by atoms with van der Waals surface area (Å²) in [6.07, 6.45) is 2.55. The van der Waals surface area contributed by atoms with Gasteiger partial charge in [0.2, 0.25) is 0 Å². The maximum Gasteiger partial charge on any atom is 0.259 e. The van der Waals surface area contributed by atoms with Crippen molar-refractivity contribution in [1.82, 2.24) is 14.3 Å². The van der Waals surface area contributed by atoms with Crippen LogP contribution in [0.3, 0.4) is 0 Å². The van der Waals surface area contributed by atoms with Crippen molar-refractivity contribution in [3.8, 4) is 0 Å². The highest BCUT2D eigenvalue weighted by Crippen LogP contribution is 2.09. The van der Waals surface area contributed by atoms with Gasteiger partial charge in [0.25, 0.3) is 10.0 Å². The van der Waals surface area contributed by atoms with Crippen LogP contribution in [0.5, 0.6) is 0 Å². The molecular weight excluding hydrogens is 341 g/mol. The lowest BCUT2D eigenvalue weighted by atomic mass is 10.5. The van der Waals surface area contributed by atoms with E-state index >= 15 is 0 Å². The van der Waals surface area contributed by atoms with Crippen molar-refractivity contribution < 1.29 is 8.42 Å². The predicted octanol–water partition coefficient (Wildman–Crippen LogP) is 1.31. The van der Waals surface area contributed by atoms with Crippen LogP contribution in [-0.2, 0) is 16.6 Å². The number of halogens is 1. The lowest BCUT2D eigenvalue weighted by Crippen LogP contribution is -2.25. The maximum atomic E-state index is 11.8. The normalized spacial score (nSPS) is 11.9. The molecule has 0 radical (unpaired) electrons. The van der Waals surface area contributed by atoms with E-state index in [1.54, 1.807) is 6.20 Å². The van der Waals surface area contributed by atoms with Crippen LogP contribution >= 0.6 is 22.6 Å². The Labute approximate surface area is 110 Å². The third kappa shape index (κ3) is 3.42. The number of sulfonamides is 1. The quantitative estimate of drug-likeness (QED) is 0.617. The van der Waals surface area contributed by atoms with Crippen LogP contribution in [0.15, 0.2) is 11.2 Å². The SMILES string of the molecule is CCCn1cc(S(=O)(=O)NCCI)nc1C. The first kappa shape index (κ1) is 13.9. The fourth-order valence-corrected chi connectivity index (χ4v) is 3.00. The van der Waals surface area contributed by atoms with Crippen molar-refractivity contribution in [1.29, 1.82) is 0 Å². The van der Waals surface area contributed by atoms with Gasteiger partial charge < -0.3 is 4.57 Å². The van der Waals surface area contributed by atoms with Crippen LogP contribution < -0.4 is 4.72 Å². The summed E-state index contributed by atoms with van der Waals surface area (Å²) in [6, 6.07) is 0. The Hall–Kier alpha value is -0.150. The summed E-state index contributed by atoms with van der Waals surface area (Å²) in [4.78, 5) is 4.06. The second-order valence-electron chi connectivity index (χ2n) is 3.41. The number of imidazole rings is 1. The van der Waals surface area contributed by atoms with E-state index in [1.807, 2.05) is 18.4 Å². The molecule has 1 aromatic rings. The van der Waals surface area contributed by atoms with Crippen LogP contribution in [0.2, 0.25) is 0 Å². The molecule has 16 heavy (non-hydrogen) atoms. The van der Waals surface area contributed by atoms with Crippen LogP contribution in [-0.4, -0.2) is 28.9 Å². The van der Waals surface area contributed by atoms with Crippen molar-refractivity contribution >= 4 is 32.6 Å². The third-order valence-corrected chi connectivity index (χ3v) is 3.95. The van der Waals surface area contributed by atoms with E-state index in [-0.39, 0.29) is 5.03 Å². The second kappa shape index (κ2) is 5.97. The minimum atomic E-state index is -3.43. The third-order valence-electron chi connectivity index (χ3n) is 2.08. The summed E-state index contributed by atoms with van der Waals surface area (Å²) in [5.74, 6) is 0.733. The molecule has 0 aliphatic rings. The van der Waals surface area contributed by atoms with Gasteiger partial charge in [-0.3, -0.25) is 0 Å². The van der Waals surface area contributed by atoms with E-state index in [0.717, 1.165) is 23.2 Å². The highest BCUT2D eigenvalue weighted by Gasteiger charge is 2.17. The number of nitrogens with zero attached hydrogens (tertiary/aromatic N) is 2. The van der Waals surface area contributed by atoms with E-state index in [9.17, 15) is 8.42 Å². The number of aromatic nitrogens is 2. The lowest BCUT2D eigenvalue weighted by Gasteiger charge is -2.01. The Morgan fingerprint density at radius 1 is 1.56 bits per heavy atom. The van der Waals surface area contributed by atoms with Gasteiger partial charge in [0.05, 0.1) is 0 Å². The molecule has 1 rings (SSSR count). The lowest BCUT2D eigenvalue weighted by molar-refractivity contribution is 0.580. The molecule has 0 aliphatic carbocycles. The van der Waals surface area contributed by atoms with Gasteiger partial charge >= 0.3 is 0 Å². The molecule has 92 valence electrons. The molecular formula is C9H16IN3O2S. The fourth-order valence-electron chi connectivity index (χ4n) is 1.32. The Morgan fingerprint density at radius 3 is 2.81 bits per heavy atom. The Bertz CT molecular complexity index is 442. The van der Waals surface area contributed by atoms with Crippen molar-refractivity contribution in [3.05, 3.63) is 12.0 Å². The summed E-state index contributed by atoms with van der Waals surface area (Å²) in [6.45, 7) is 5.08. The summed E-state index contributed by atoms with van der Waals surface area (Å²) < 4.78 is 28.6. The first-order valence-corrected chi connectivity index (χ1v) is 8.11. The van der Waals surface area contributed by atoms with E-state index in [1.165, 1.54) is 0 Å². The average Bonchev–Trinajstić information content (AvgIpc) is 2.59. The highest BCUT2D eigenvalue weighted by atomic mass is 127. The van der Waals surface area contributed by atoms with Crippen molar-refractivity contribution in [2.75, 3.05) is 11.0 Å². The largest absolute Gasteiger partial charge is 0.334 e. The Kier molecular flexibility index (Phi) is 5.19. The van der Waals surface area contributed by atoms with E-state index in [4.69, 9.17) is 0 Å². The molecule has 1 N–H and O–H groups in total. The first-order valence-electron chi connectivity index (χ1n) is 5.10. The molecule has 0 amide bonds. The maximum absolute atomic E-state index is 11.8. The van der Waals surface area contributed by atoms with Gasteiger partial charge in [-0.25, -0.2) is 18.1 Å². The number of hydrogen-bond acceptors (Lipinski definition) is 3. The van der Waals surface area contributed by atoms with Crippen molar-refractivity contribution in [2.45, 2.75) is 31.8 Å². The molecule has 0 spiro atoms. The van der Waals surface area contributed by atoms with Gasteiger partial charge in [-0.2, -0.15) is 0 Å². The molecule has 0 fully saturated rings. The molecule has 0 saturated carbocycles. The van der Waals surface area contributed by atoms with E-state index in [2.05, 4.69) is 32.3 Å². The van der Waals surface area contributed by atoms with Crippen LogP contribution in [0.25, 0.3) is 0 Å². The molecule has 0 aliphatic heterocycles. The summed E-state index contributed by atoms with van der Waals surface area (Å²) >= 11 is 2.12. The minimum absolute atomic E-state index is 0.114. The topological polar surface area (TPSA) is 64.0 Å². The zero-order chi connectivity index (χ0) is 12.2. The molecule has 0 bridgehead atoms. The number of hydrogen-bond donors (Lipinski definition) is 1. The molecule has 0 saturated heterocycles. The van der Waals surface area contributed by atoms with Gasteiger partial charge in [-0.15, -0.1) is 0 Å². The van der Waals surface area contributed by atoms with Crippen LogP contribution in [0.4, 0.5) is 0 Å². The minimum Gasteiger partial charge on any atom is -0.334 e. The van der Waals surface area contributed by atoms with Gasteiger partial charge in [-0.05, 0) is 13.3 Å². The zero-order valence-electron chi connectivity index (χ0n) is 9.40. The summed E-state index contributed by atoms with van der Waals surface area (Å²) in [5, 5.41) is 0.114. The second-order valence-corrected chi connectivity index (χ2v) is 6.20. The standard InChI is InChI=1S/C9H16IN3O2S/c1-3-6-13-7-9(12-8(13)2)16(14,15)11-5-4-10/h7,11H,3-6H2,1-2H3. The van der Waals surface area contributed by atoms with Crippen LogP contribution in [0, 0.1) is 6.92 Å². The molecule has 7 heteroatoms. The summed E-state index contributed by atoms with van der Waals surface area (Å²) in [5.41, 5.74) is 0. The zero-order valence-corrected chi connectivity index (χ0v) is 12.4. The smallest absolute Gasteiger partial charge is 0.259 e. The summed E-state index contributed by atoms with van der Waals surface area (Å²) in [7, 11) is -3.43. The van der Waals surface area contributed by atoms with E-state index in [0.29, 0.717) is 6.54 Å². The van der Waals surface area contributed by atoms with Gasteiger partial charge in [-0.1, -0.05) is 29.5 Å². The van der Waals surface area contributed by atoms with Gasteiger partial charge in [0.1, 0.15) is 5.82 Å². The highest BCUT2D eigenvalue weighted by molar-refractivity contribution is 14.1. The van der Waals surface area contributed by atoms with E-state index < -0.39 is 10.0 Å². The predicted molar refractivity (Wildman–Crippen MR) is 71.3 cm³/mol. The molecule has 0 unspecified atom stereocenters. The van der Waals surface area contributed by atoms with Crippen molar-refractivity contribution in [3.63, 3.8) is 0 Å². The number of nitrogens with one attached hydrogen (secondary N) is 1. The average molecular weight is 357 g/mol. The Balaban J connectivity index is 2.91. The molecule has 1 heterocycles. The molecule has 0 atom stereocenters.